The van der Waals surface area contributed by atoms with E-state index in [1.165, 1.54) is 7.11 Å². The Labute approximate surface area is 161 Å². The minimum atomic E-state index is -1.15. The lowest BCUT2D eigenvalue weighted by Gasteiger charge is -2.13. The fourth-order valence-electron chi connectivity index (χ4n) is 2.23. The van der Waals surface area contributed by atoms with Gasteiger partial charge in [-0.1, -0.05) is 30.3 Å². The number of ether oxygens (including phenoxy) is 1. The third-order valence-corrected chi connectivity index (χ3v) is 4.70. The molecule has 2 amide bonds. The summed E-state index contributed by atoms with van der Waals surface area (Å²) in [5.41, 5.74) is 1.09. The molecule has 142 valence electrons. The van der Waals surface area contributed by atoms with Crippen molar-refractivity contribution >= 4 is 40.9 Å². The van der Waals surface area contributed by atoms with Gasteiger partial charge in [0.15, 0.2) is 0 Å². The van der Waals surface area contributed by atoms with Gasteiger partial charge in [0.1, 0.15) is 11.0 Å². The number of aliphatic carboxylic acids is 1. The maximum absolute atomic E-state index is 12.1. The Kier molecular flexibility index (Phi) is 7.69. The Bertz CT molecular complexity index is 798. The molecule has 0 saturated carbocycles. The molecule has 0 aliphatic heterocycles. The molecule has 7 nitrogen and oxygen atoms in total. The van der Waals surface area contributed by atoms with Crippen molar-refractivity contribution in [3.05, 3.63) is 54.6 Å². The fourth-order valence-corrected chi connectivity index (χ4v) is 3.07. The number of carbonyl (C=O) groups excluding carboxylic acids is 2. The van der Waals surface area contributed by atoms with Crippen LogP contribution in [0.4, 0.5) is 11.4 Å². The van der Waals surface area contributed by atoms with Crippen LogP contribution in [-0.4, -0.2) is 41.0 Å². The largest absolute Gasteiger partial charge is 0.495 e. The van der Waals surface area contributed by atoms with Crippen LogP contribution in [0.25, 0.3) is 0 Å². The number of benzene rings is 2. The summed E-state index contributed by atoms with van der Waals surface area (Å²) in [7, 11) is 1.49. The standard InChI is InChI=1S/C19H20N2O5S/c1-26-15-10-6-5-9-14(15)21-18(23)12-27-16(19(24)25)11-17(22)20-13-7-3-2-4-8-13/h2-10,16H,11-12H2,1H3,(H,20,22)(H,21,23)(H,24,25)/t16-/m1/s1. The van der Waals surface area contributed by atoms with Gasteiger partial charge in [0, 0.05) is 12.1 Å². The third-order valence-electron chi connectivity index (χ3n) is 3.50. The van der Waals surface area contributed by atoms with E-state index in [0.717, 1.165) is 11.8 Å². The van der Waals surface area contributed by atoms with Crippen LogP contribution in [0.15, 0.2) is 54.6 Å². The highest BCUT2D eigenvalue weighted by molar-refractivity contribution is 8.01. The molecule has 1 atom stereocenters. The molecule has 0 bridgehead atoms. The number of nitrogens with one attached hydrogen (secondary N) is 2. The first-order chi connectivity index (χ1) is 13.0. The molecule has 2 aromatic rings. The van der Waals surface area contributed by atoms with Crippen LogP contribution in [0.5, 0.6) is 5.75 Å². The van der Waals surface area contributed by atoms with Gasteiger partial charge >= 0.3 is 5.97 Å². The minimum absolute atomic E-state index is 0.104. The molecule has 0 radical (unpaired) electrons. The van der Waals surface area contributed by atoms with Crippen molar-refractivity contribution in [2.45, 2.75) is 11.7 Å². The van der Waals surface area contributed by atoms with Crippen LogP contribution in [0, 0.1) is 0 Å². The number of carboxylic acids is 1. The normalized spacial score (nSPS) is 11.3. The Morgan fingerprint density at radius 2 is 1.67 bits per heavy atom. The summed E-state index contributed by atoms with van der Waals surface area (Å²) in [6, 6.07) is 15.7. The maximum Gasteiger partial charge on any atom is 0.317 e. The molecular weight excluding hydrogens is 368 g/mol. The summed E-state index contributed by atoms with van der Waals surface area (Å²) in [5, 5.41) is 13.6. The number of hydrogen-bond donors (Lipinski definition) is 3. The topological polar surface area (TPSA) is 105 Å². The molecule has 0 aliphatic carbocycles. The van der Waals surface area contributed by atoms with Gasteiger partial charge in [-0.25, -0.2) is 0 Å². The van der Waals surface area contributed by atoms with Gasteiger partial charge in [0.25, 0.3) is 0 Å². The van der Waals surface area contributed by atoms with Gasteiger partial charge in [-0.15, -0.1) is 11.8 Å². The van der Waals surface area contributed by atoms with Gasteiger partial charge in [0.2, 0.25) is 11.8 Å². The van der Waals surface area contributed by atoms with Crippen LogP contribution >= 0.6 is 11.8 Å². The van der Waals surface area contributed by atoms with Crippen LogP contribution in [0.2, 0.25) is 0 Å². The lowest BCUT2D eigenvalue weighted by molar-refractivity contribution is -0.137. The van der Waals surface area contributed by atoms with Crippen molar-refractivity contribution in [3.8, 4) is 5.75 Å². The highest BCUT2D eigenvalue weighted by Crippen LogP contribution is 2.24. The zero-order chi connectivity index (χ0) is 19.6. The molecule has 0 saturated heterocycles. The molecule has 0 heterocycles. The third kappa shape index (κ3) is 6.67. The number of amides is 2. The van der Waals surface area contributed by atoms with Gasteiger partial charge in [-0.3, -0.25) is 14.4 Å². The van der Waals surface area contributed by atoms with Gasteiger partial charge in [-0.2, -0.15) is 0 Å². The van der Waals surface area contributed by atoms with E-state index in [2.05, 4.69) is 10.6 Å². The summed E-state index contributed by atoms with van der Waals surface area (Å²) in [6.45, 7) is 0. The molecule has 0 aromatic heterocycles. The van der Waals surface area contributed by atoms with Crippen molar-refractivity contribution in [2.24, 2.45) is 0 Å². The Morgan fingerprint density at radius 3 is 2.33 bits per heavy atom. The zero-order valence-corrected chi connectivity index (χ0v) is 15.5. The van der Waals surface area contributed by atoms with E-state index < -0.39 is 17.1 Å². The lowest BCUT2D eigenvalue weighted by atomic mass is 10.2. The smallest absolute Gasteiger partial charge is 0.317 e. The van der Waals surface area contributed by atoms with E-state index in [0.29, 0.717) is 17.1 Å². The van der Waals surface area contributed by atoms with Crippen LogP contribution < -0.4 is 15.4 Å². The summed E-state index contributed by atoms with van der Waals surface area (Å²) in [5.74, 6) is -1.54. The first-order valence-electron chi connectivity index (χ1n) is 8.11. The quantitative estimate of drug-likeness (QED) is 0.610. The molecular formula is C19H20N2O5S. The Morgan fingerprint density at radius 1 is 1.00 bits per heavy atom. The minimum Gasteiger partial charge on any atom is -0.495 e. The van der Waals surface area contributed by atoms with E-state index in [-0.39, 0.29) is 18.1 Å². The average Bonchev–Trinajstić information content (AvgIpc) is 2.66. The average molecular weight is 388 g/mol. The second-order valence-corrected chi connectivity index (χ2v) is 6.70. The summed E-state index contributed by atoms with van der Waals surface area (Å²) in [6.07, 6.45) is -0.239. The number of rotatable bonds is 9. The molecule has 27 heavy (non-hydrogen) atoms. The SMILES string of the molecule is COc1ccccc1NC(=O)CS[C@H](CC(=O)Nc1ccccc1)C(=O)O. The Hall–Kier alpha value is -3.00. The number of carbonyl (C=O) groups is 3. The molecule has 2 aromatic carbocycles. The van der Waals surface area contributed by atoms with E-state index in [4.69, 9.17) is 4.74 Å². The molecule has 2 rings (SSSR count). The van der Waals surface area contributed by atoms with Crippen molar-refractivity contribution in [1.29, 1.82) is 0 Å². The van der Waals surface area contributed by atoms with Crippen LogP contribution in [-0.2, 0) is 14.4 Å². The van der Waals surface area contributed by atoms with Crippen molar-refractivity contribution in [3.63, 3.8) is 0 Å². The number of carboxylic acid groups (broad SMARTS) is 1. The zero-order valence-electron chi connectivity index (χ0n) is 14.7. The van der Waals surface area contributed by atoms with Crippen molar-refractivity contribution < 1.29 is 24.2 Å². The van der Waals surface area contributed by atoms with E-state index in [1.54, 1.807) is 48.5 Å². The molecule has 0 unspecified atom stereocenters. The maximum atomic E-state index is 12.1. The Balaban J connectivity index is 1.87. The number of para-hydroxylation sites is 3. The second kappa shape index (κ2) is 10.2. The van der Waals surface area contributed by atoms with E-state index in [9.17, 15) is 19.5 Å². The predicted octanol–water partition coefficient (Wildman–Crippen LogP) is 2.85. The van der Waals surface area contributed by atoms with E-state index in [1.807, 2.05) is 6.07 Å². The van der Waals surface area contributed by atoms with Crippen LogP contribution in [0.1, 0.15) is 6.42 Å². The first kappa shape index (κ1) is 20.3. The number of thioether (sulfide) groups is 1. The predicted molar refractivity (Wildman–Crippen MR) is 105 cm³/mol. The molecule has 8 heteroatoms. The summed E-state index contributed by atoms with van der Waals surface area (Å²) in [4.78, 5) is 35.6. The molecule has 3 N–H and O–H groups in total. The highest BCUT2D eigenvalue weighted by Gasteiger charge is 2.23. The van der Waals surface area contributed by atoms with Crippen molar-refractivity contribution in [1.82, 2.24) is 0 Å². The number of methoxy groups -OCH3 is 1. The molecule has 0 aliphatic rings. The highest BCUT2D eigenvalue weighted by atomic mass is 32.2. The summed E-state index contributed by atoms with van der Waals surface area (Å²) < 4.78 is 5.15. The van der Waals surface area contributed by atoms with Gasteiger partial charge < -0.3 is 20.5 Å². The monoisotopic (exact) mass is 388 g/mol. The fraction of sp³-hybridized carbons (Fsp3) is 0.211. The summed E-state index contributed by atoms with van der Waals surface area (Å²) >= 11 is 0.896. The number of anilines is 2. The lowest BCUT2D eigenvalue weighted by Crippen LogP contribution is -2.26. The molecule has 0 spiro atoms. The second-order valence-electron chi connectivity index (χ2n) is 5.50. The number of hydrogen-bond acceptors (Lipinski definition) is 5. The van der Waals surface area contributed by atoms with Gasteiger partial charge in [-0.05, 0) is 24.3 Å². The van der Waals surface area contributed by atoms with Crippen molar-refractivity contribution in [2.75, 3.05) is 23.5 Å². The first-order valence-corrected chi connectivity index (χ1v) is 9.16. The molecule has 0 fully saturated rings. The van der Waals surface area contributed by atoms with E-state index >= 15 is 0 Å². The van der Waals surface area contributed by atoms with Gasteiger partial charge in [0.05, 0.1) is 18.6 Å². The van der Waals surface area contributed by atoms with Crippen LogP contribution in [0.3, 0.4) is 0 Å².